The lowest BCUT2D eigenvalue weighted by atomic mass is 9.96. The summed E-state index contributed by atoms with van der Waals surface area (Å²) in [7, 11) is 0. The Hall–Kier alpha value is -0.430. The fraction of sp³-hybridized carbons (Fsp3) is 0.500. The zero-order chi connectivity index (χ0) is 9.42. The van der Waals surface area contributed by atoms with E-state index in [-0.39, 0.29) is 6.10 Å². The molecule has 1 aromatic heterocycles. The Bertz CT molecular complexity index is 348. The highest BCUT2D eigenvalue weighted by Crippen LogP contribution is 2.24. The summed E-state index contributed by atoms with van der Waals surface area (Å²) in [6.45, 7) is 0. The van der Waals surface area contributed by atoms with Gasteiger partial charge < -0.3 is 5.11 Å². The van der Waals surface area contributed by atoms with E-state index in [1.165, 1.54) is 4.68 Å². The molecule has 70 valence electrons. The van der Waals surface area contributed by atoms with Crippen LogP contribution in [0.5, 0.6) is 0 Å². The first-order valence-corrected chi connectivity index (χ1v) is 5.19. The molecule has 1 atom stereocenters. The second kappa shape index (κ2) is 3.38. The molecule has 2 rings (SSSR count). The minimum Gasteiger partial charge on any atom is -0.393 e. The van der Waals surface area contributed by atoms with Crippen molar-refractivity contribution in [1.82, 2.24) is 9.78 Å². The zero-order valence-corrected chi connectivity index (χ0v) is 9.06. The van der Waals surface area contributed by atoms with Gasteiger partial charge in [-0.2, -0.15) is 5.10 Å². The molecule has 0 saturated carbocycles. The lowest BCUT2D eigenvalue weighted by Gasteiger charge is -2.17. The second-order valence-electron chi connectivity index (χ2n) is 3.16. The third-order valence-corrected chi connectivity index (χ3v) is 3.19. The third kappa shape index (κ3) is 1.50. The van der Waals surface area contributed by atoms with E-state index in [9.17, 15) is 9.90 Å². The zero-order valence-electron chi connectivity index (χ0n) is 6.90. The van der Waals surface area contributed by atoms with E-state index >= 15 is 0 Å². The van der Waals surface area contributed by atoms with Gasteiger partial charge in [-0.1, -0.05) is 0 Å². The van der Waals surface area contributed by atoms with Crippen molar-refractivity contribution in [2.45, 2.75) is 25.4 Å². The lowest BCUT2D eigenvalue weighted by Crippen LogP contribution is -2.20. The molecule has 0 aliphatic heterocycles. The molecule has 1 aliphatic carbocycles. The van der Waals surface area contributed by atoms with Crippen molar-refractivity contribution in [2.75, 3.05) is 0 Å². The van der Waals surface area contributed by atoms with Crippen molar-refractivity contribution in [3.8, 4) is 0 Å². The van der Waals surface area contributed by atoms with Crippen LogP contribution in [-0.4, -0.2) is 27.4 Å². The molecule has 0 bridgehead atoms. The van der Waals surface area contributed by atoms with Crippen LogP contribution >= 0.6 is 22.6 Å². The summed E-state index contributed by atoms with van der Waals surface area (Å²) in [6, 6.07) is 0. The summed E-state index contributed by atoms with van der Waals surface area (Å²) in [5.74, 6) is 0. The third-order valence-electron chi connectivity index (χ3n) is 2.33. The molecule has 5 heteroatoms. The number of aliphatic hydroxyl groups is 1. The van der Waals surface area contributed by atoms with Gasteiger partial charge in [-0.25, -0.2) is 4.68 Å². The second-order valence-corrected chi connectivity index (χ2v) is 4.18. The van der Waals surface area contributed by atoms with E-state index in [4.69, 9.17) is 0 Å². The van der Waals surface area contributed by atoms with E-state index in [0.717, 1.165) is 27.8 Å². The van der Waals surface area contributed by atoms with Gasteiger partial charge in [0.05, 0.1) is 11.8 Å². The highest BCUT2D eigenvalue weighted by molar-refractivity contribution is 14.1. The number of nitrogens with zero attached hydrogens (tertiary/aromatic N) is 2. The van der Waals surface area contributed by atoms with Crippen LogP contribution in [0.4, 0.5) is 0 Å². The monoisotopic (exact) mass is 292 g/mol. The fourth-order valence-electron chi connectivity index (χ4n) is 1.66. The normalized spacial score (nSPS) is 21.2. The fourth-order valence-corrected chi connectivity index (χ4v) is 2.47. The van der Waals surface area contributed by atoms with Gasteiger partial charge >= 0.3 is 0 Å². The summed E-state index contributed by atoms with van der Waals surface area (Å²) in [5.41, 5.74) is 2.00. The smallest absolute Gasteiger partial charge is 0.234 e. The topological polar surface area (TPSA) is 55.1 Å². The van der Waals surface area contributed by atoms with Crippen molar-refractivity contribution in [2.24, 2.45) is 0 Å². The lowest BCUT2D eigenvalue weighted by molar-refractivity contribution is 0.156. The first-order chi connectivity index (χ1) is 6.22. The Morgan fingerprint density at radius 2 is 2.46 bits per heavy atom. The minimum atomic E-state index is -0.321. The van der Waals surface area contributed by atoms with Crippen LogP contribution < -0.4 is 0 Å². The van der Waals surface area contributed by atoms with Crippen molar-refractivity contribution < 1.29 is 9.90 Å². The quantitative estimate of drug-likeness (QED) is 0.601. The molecule has 1 unspecified atom stereocenters. The summed E-state index contributed by atoms with van der Waals surface area (Å²) in [4.78, 5) is 10.6. The number of rotatable bonds is 1. The molecule has 0 aromatic carbocycles. The first kappa shape index (κ1) is 9.14. The first-order valence-electron chi connectivity index (χ1n) is 4.11. The van der Waals surface area contributed by atoms with Crippen molar-refractivity contribution in [3.63, 3.8) is 0 Å². The average molecular weight is 292 g/mol. The summed E-state index contributed by atoms with van der Waals surface area (Å²) < 4.78 is 2.21. The van der Waals surface area contributed by atoms with E-state index < -0.39 is 0 Å². The van der Waals surface area contributed by atoms with Gasteiger partial charge in [0.1, 0.15) is 3.70 Å². The van der Waals surface area contributed by atoms with Gasteiger partial charge in [0.2, 0.25) is 6.41 Å². The Morgan fingerprint density at radius 1 is 1.69 bits per heavy atom. The predicted octanol–water partition coefficient (Wildman–Crippen LogP) is 0.376. The van der Waals surface area contributed by atoms with E-state index in [1.807, 2.05) is 0 Å². The Labute approximate surface area is 89.1 Å². The molecule has 0 fully saturated rings. The molecule has 4 nitrogen and oxygen atoms in total. The highest BCUT2D eigenvalue weighted by Gasteiger charge is 2.23. The largest absolute Gasteiger partial charge is 0.393 e. The number of hydrogen-bond acceptors (Lipinski definition) is 3. The number of hydrogen-bond donors (Lipinski definition) is 1. The van der Waals surface area contributed by atoms with Crippen molar-refractivity contribution in [3.05, 3.63) is 15.0 Å². The molecule has 1 aromatic rings. The molecule has 0 saturated heterocycles. The highest BCUT2D eigenvalue weighted by atomic mass is 127. The van der Waals surface area contributed by atoms with Crippen LogP contribution in [0, 0.1) is 3.70 Å². The Balaban J connectivity index is 2.48. The number of carbonyl (C=O) groups excluding carboxylic acids is 1. The molecule has 13 heavy (non-hydrogen) atoms. The molecule has 1 heterocycles. The molecule has 0 spiro atoms. The molecule has 0 amide bonds. The van der Waals surface area contributed by atoms with Gasteiger partial charge in [0, 0.05) is 12.0 Å². The van der Waals surface area contributed by atoms with Gasteiger partial charge in [-0.05, 0) is 35.4 Å². The maximum Gasteiger partial charge on any atom is 0.234 e. The van der Waals surface area contributed by atoms with Crippen LogP contribution in [0.25, 0.3) is 0 Å². The number of aromatic nitrogens is 2. The van der Waals surface area contributed by atoms with Crippen LogP contribution in [0.1, 0.15) is 17.7 Å². The van der Waals surface area contributed by atoms with Crippen LogP contribution in [0.3, 0.4) is 0 Å². The molecular weight excluding hydrogens is 283 g/mol. The van der Waals surface area contributed by atoms with E-state index in [0.29, 0.717) is 12.8 Å². The molecule has 0 radical (unpaired) electrons. The standard InChI is InChI=1S/C8H9IN2O2/c9-8-6-2-1-5(13)3-7(6)11(4-12)10-8/h4-5,13H,1-3H2. The van der Waals surface area contributed by atoms with Crippen molar-refractivity contribution in [1.29, 1.82) is 0 Å². The summed E-state index contributed by atoms with van der Waals surface area (Å²) in [6.07, 6.45) is 2.51. The van der Waals surface area contributed by atoms with Gasteiger partial charge in [-0.15, -0.1) is 0 Å². The van der Waals surface area contributed by atoms with Crippen LogP contribution in [0.2, 0.25) is 0 Å². The number of halogens is 1. The summed E-state index contributed by atoms with van der Waals surface area (Å²) in [5, 5.41) is 13.5. The van der Waals surface area contributed by atoms with Gasteiger partial charge in [0.25, 0.3) is 0 Å². The SMILES string of the molecule is O=Cn1nc(I)c2c1CC(O)CC2. The van der Waals surface area contributed by atoms with Crippen LogP contribution in [0.15, 0.2) is 0 Å². The van der Waals surface area contributed by atoms with E-state index in [1.54, 1.807) is 0 Å². The number of aliphatic hydroxyl groups excluding tert-OH is 1. The number of fused-ring (bicyclic) bond motifs is 1. The Kier molecular flexibility index (Phi) is 2.37. The minimum absolute atomic E-state index is 0.321. The predicted molar refractivity (Wildman–Crippen MR) is 55.1 cm³/mol. The molecule has 1 aliphatic rings. The van der Waals surface area contributed by atoms with Gasteiger partial charge in [-0.3, -0.25) is 4.79 Å². The molecular formula is C8H9IN2O2. The molecule has 1 N–H and O–H groups in total. The maximum atomic E-state index is 10.6. The maximum absolute atomic E-state index is 10.6. The Morgan fingerprint density at radius 3 is 3.15 bits per heavy atom. The summed E-state index contributed by atoms with van der Waals surface area (Å²) >= 11 is 2.12. The van der Waals surface area contributed by atoms with E-state index in [2.05, 4.69) is 27.7 Å². The number of carbonyl (C=O) groups is 1. The van der Waals surface area contributed by atoms with Gasteiger partial charge in [0.15, 0.2) is 0 Å². The van der Waals surface area contributed by atoms with Crippen molar-refractivity contribution >= 4 is 29.0 Å². The van der Waals surface area contributed by atoms with Crippen LogP contribution in [-0.2, 0) is 17.6 Å². The average Bonchev–Trinajstić information content (AvgIpc) is 2.42.